The largest absolute Gasteiger partial charge is 0.493 e. The first-order valence-corrected chi connectivity index (χ1v) is 10.3. The second kappa shape index (κ2) is 12.8. The molecule has 7 heteroatoms. The molecule has 0 fully saturated rings. The van der Waals surface area contributed by atoms with Gasteiger partial charge in [0.25, 0.3) is 0 Å². The SMILES string of the molecule is CN=C(NCCCCn1ccnc1C)NCc1ccc(C)cc1OCCCOC. The zero-order valence-electron chi connectivity index (χ0n) is 18.2. The third-order valence-electron chi connectivity index (χ3n) is 4.68. The predicted octanol–water partition coefficient (Wildman–Crippen LogP) is 3.06. The first kappa shape index (κ1) is 22.7. The van der Waals surface area contributed by atoms with Crippen LogP contribution in [0.25, 0.3) is 0 Å². The molecule has 0 saturated carbocycles. The summed E-state index contributed by atoms with van der Waals surface area (Å²) in [4.78, 5) is 8.57. The van der Waals surface area contributed by atoms with Crippen LogP contribution in [0.3, 0.4) is 0 Å². The molecule has 0 aliphatic heterocycles. The molecular weight excluding hydrogens is 366 g/mol. The molecule has 7 nitrogen and oxygen atoms in total. The Labute approximate surface area is 174 Å². The summed E-state index contributed by atoms with van der Waals surface area (Å²) in [7, 11) is 3.50. The van der Waals surface area contributed by atoms with E-state index in [-0.39, 0.29) is 0 Å². The Balaban J connectivity index is 1.74. The third kappa shape index (κ3) is 8.15. The quantitative estimate of drug-likeness (QED) is 0.325. The standard InChI is InChI=1S/C22H35N5O2/c1-18-8-9-20(21(16-18)29-15-7-14-28-4)17-26-22(23-3)25-10-5-6-12-27-13-11-24-19(27)2/h8-9,11,13,16H,5-7,10,12,14-15,17H2,1-4H3,(H2,23,25,26). The molecule has 0 spiro atoms. The highest BCUT2D eigenvalue weighted by Gasteiger charge is 2.06. The molecule has 29 heavy (non-hydrogen) atoms. The van der Waals surface area contributed by atoms with Crippen LogP contribution < -0.4 is 15.4 Å². The lowest BCUT2D eigenvalue weighted by atomic mass is 10.1. The van der Waals surface area contributed by atoms with Gasteiger partial charge in [-0.15, -0.1) is 0 Å². The van der Waals surface area contributed by atoms with Crippen LogP contribution in [-0.2, 0) is 17.8 Å². The number of methoxy groups -OCH3 is 1. The number of rotatable bonds is 12. The number of aromatic nitrogens is 2. The van der Waals surface area contributed by atoms with Gasteiger partial charge in [0, 0.05) is 64.8 Å². The number of aliphatic imine (C=N–C) groups is 1. The lowest BCUT2D eigenvalue weighted by molar-refractivity contribution is 0.171. The maximum atomic E-state index is 5.96. The minimum atomic E-state index is 0.646. The highest BCUT2D eigenvalue weighted by molar-refractivity contribution is 5.79. The van der Waals surface area contributed by atoms with Crippen molar-refractivity contribution in [3.8, 4) is 5.75 Å². The summed E-state index contributed by atoms with van der Waals surface area (Å²) in [6, 6.07) is 6.29. The molecule has 0 bridgehead atoms. The number of unbranched alkanes of at least 4 members (excludes halogenated alkanes) is 1. The number of aryl methyl sites for hydroxylation is 3. The van der Waals surface area contributed by atoms with Gasteiger partial charge in [-0.05, 0) is 38.3 Å². The normalized spacial score (nSPS) is 11.5. The molecule has 1 heterocycles. The Kier molecular flexibility index (Phi) is 10.1. The summed E-state index contributed by atoms with van der Waals surface area (Å²) in [5.74, 6) is 2.78. The van der Waals surface area contributed by atoms with Gasteiger partial charge >= 0.3 is 0 Å². The van der Waals surface area contributed by atoms with Crippen LogP contribution >= 0.6 is 0 Å². The van der Waals surface area contributed by atoms with E-state index in [0.29, 0.717) is 19.8 Å². The molecule has 0 amide bonds. The van der Waals surface area contributed by atoms with Gasteiger partial charge in [0.15, 0.2) is 5.96 Å². The van der Waals surface area contributed by atoms with Crippen LogP contribution in [0, 0.1) is 13.8 Å². The average molecular weight is 402 g/mol. The number of imidazole rings is 1. The second-order valence-corrected chi connectivity index (χ2v) is 7.03. The maximum Gasteiger partial charge on any atom is 0.191 e. The molecular formula is C22H35N5O2. The van der Waals surface area contributed by atoms with E-state index >= 15 is 0 Å². The molecule has 0 atom stereocenters. The smallest absolute Gasteiger partial charge is 0.191 e. The van der Waals surface area contributed by atoms with E-state index in [1.165, 1.54) is 5.56 Å². The van der Waals surface area contributed by atoms with Crippen LogP contribution in [0.2, 0.25) is 0 Å². The molecule has 2 N–H and O–H groups in total. The number of hydrogen-bond acceptors (Lipinski definition) is 4. The summed E-state index contributed by atoms with van der Waals surface area (Å²) in [5, 5.41) is 6.76. The summed E-state index contributed by atoms with van der Waals surface area (Å²) in [6.45, 7) is 7.99. The zero-order chi connectivity index (χ0) is 20.9. The minimum Gasteiger partial charge on any atom is -0.493 e. The van der Waals surface area contributed by atoms with E-state index in [0.717, 1.165) is 55.4 Å². The Bertz CT molecular complexity index is 757. The maximum absolute atomic E-state index is 5.96. The van der Waals surface area contributed by atoms with Crippen molar-refractivity contribution in [2.24, 2.45) is 4.99 Å². The number of benzene rings is 1. The van der Waals surface area contributed by atoms with Crippen LogP contribution in [0.15, 0.2) is 35.6 Å². The van der Waals surface area contributed by atoms with Gasteiger partial charge in [-0.1, -0.05) is 12.1 Å². The number of ether oxygens (including phenoxy) is 2. The first-order valence-electron chi connectivity index (χ1n) is 10.3. The van der Waals surface area contributed by atoms with Crippen molar-refractivity contribution in [1.29, 1.82) is 0 Å². The fourth-order valence-corrected chi connectivity index (χ4v) is 2.98. The molecule has 0 aliphatic rings. The number of nitrogens with zero attached hydrogens (tertiary/aromatic N) is 3. The van der Waals surface area contributed by atoms with E-state index in [2.05, 4.69) is 50.3 Å². The minimum absolute atomic E-state index is 0.646. The summed E-state index contributed by atoms with van der Waals surface area (Å²) in [5.41, 5.74) is 2.30. The summed E-state index contributed by atoms with van der Waals surface area (Å²) >= 11 is 0. The summed E-state index contributed by atoms with van der Waals surface area (Å²) in [6.07, 6.45) is 6.91. The molecule has 1 aromatic carbocycles. The summed E-state index contributed by atoms with van der Waals surface area (Å²) < 4.78 is 13.2. The van der Waals surface area contributed by atoms with Crippen molar-refractivity contribution < 1.29 is 9.47 Å². The highest BCUT2D eigenvalue weighted by Crippen LogP contribution is 2.20. The fourth-order valence-electron chi connectivity index (χ4n) is 2.98. The lowest BCUT2D eigenvalue weighted by Gasteiger charge is -2.15. The van der Waals surface area contributed by atoms with Crippen molar-refractivity contribution in [3.63, 3.8) is 0 Å². The van der Waals surface area contributed by atoms with Crippen LogP contribution in [0.4, 0.5) is 0 Å². The van der Waals surface area contributed by atoms with Crippen LogP contribution in [-0.4, -0.2) is 49.4 Å². The first-order chi connectivity index (χ1) is 14.1. The Morgan fingerprint density at radius 3 is 2.72 bits per heavy atom. The van der Waals surface area contributed by atoms with Crippen LogP contribution in [0.5, 0.6) is 5.75 Å². The topological polar surface area (TPSA) is 72.7 Å². The lowest BCUT2D eigenvalue weighted by Crippen LogP contribution is -2.37. The Morgan fingerprint density at radius 1 is 1.14 bits per heavy atom. The van der Waals surface area contributed by atoms with E-state index in [9.17, 15) is 0 Å². The fraction of sp³-hybridized carbons (Fsp3) is 0.545. The highest BCUT2D eigenvalue weighted by atomic mass is 16.5. The van der Waals surface area contributed by atoms with Gasteiger partial charge in [0.2, 0.25) is 0 Å². The van der Waals surface area contributed by atoms with E-state index in [1.54, 1.807) is 14.2 Å². The van der Waals surface area contributed by atoms with Crippen molar-refractivity contribution in [2.45, 2.75) is 46.2 Å². The van der Waals surface area contributed by atoms with E-state index in [4.69, 9.17) is 9.47 Å². The van der Waals surface area contributed by atoms with Crippen molar-refractivity contribution in [2.75, 3.05) is 33.9 Å². The molecule has 2 rings (SSSR count). The molecule has 0 saturated heterocycles. The average Bonchev–Trinajstić information content (AvgIpc) is 3.13. The third-order valence-corrected chi connectivity index (χ3v) is 4.68. The van der Waals surface area contributed by atoms with Crippen molar-refractivity contribution in [3.05, 3.63) is 47.5 Å². The van der Waals surface area contributed by atoms with Gasteiger partial charge in [0.05, 0.1) is 6.61 Å². The van der Waals surface area contributed by atoms with Gasteiger partial charge in [-0.2, -0.15) is 0 Å². The zero-order valence-corrected chi connectivity index (χ0v) is 18.2. The van der Waals surface area contributed by atoms with Gasteiger partial charge in [-0.3, -0.25) is 4.99 Å². The monoisotopic (exact) mass is 401 g/mol. The molecule has 2 aromatic rings. The van der Waals surface area contributed by atoms with Crippen LogP contribution in [0.1, 0.15) is 36.2 Å². The molecule has 1 aromatic heterocycles. The number of hydrogen-bond donors (Lipinski definition) is 2. The van der Waals surface area contributed by atoms with Gasteiger partial charge in [0.1, 0.15) is 11.6 Å². The van der Waals surface area contributed by atoms with Gasteiger partial charge < -0.3 is 24.7 Å². The Hall–Kier alpha value is -2.54. The number of nitrogens with one attached hydrogen (secondary N) is 2. The molecule has 0 unspecified atom stereocenters. The molecule has 0 aliphatic carbocycles. The Morgan fingerprint density at radius 2 is 2.00 bits per heavy atom. The van der Waals surface area contributed by atoms with Crippen molar-refractivity contribution in [1.82, 2.24) is 20.2 Å². The van der Waals surface area contributed by atoms with Crippen molar-refractivity contribution >= 4 is 5.96 Å². The van der Waals surface area contributed by atoms with E-state index in [1.807, 2.05) is 19.3 Å². The van der Waals surface area contributed by atoms with E-state index < -0.39 is 0 Å². The molecule has 160 valence electrons. The molecule has 0 radical (unpaired) electrons. The second-order valence-electron chi connectivity index (χ2n) is 7.03. The predicted molar refractivity (Wildman–Crippen MR) is 118 cm³/mol. The van der Waals surface area contributed by atoms with Gasteiger partial charge in [-0.25, -0.2) is 4.98 Å². The number of guanidine groups is 1.